The number of halogens is 9. The quantitative estimate of drug-likeness (QED) is 0.209. The molecule has 2 aromatic carbocycles. The molecule has 574 valence electrons. The molecular weight excluding hydrogens is 1380 g/mol. The Morgan fingerprint density at radius 2 is 1.28 bits per heavy atom. The van der Waals surface area contributed by atoms with Gasteiger partial charge >= 0.3 is 12.4 Å². The Bertz CT molecular complexity index is 3550. The standard InChI is InChI=1S/C71H95F9N12O12/c1-12-40(3)58-66(102)86(7)39-56(95)88(9)50-22-15-14-18-31-91(65(50)101)53(34-41-23-26-44(27-24-41)70(75,76)77)64(100)85(6)38-54(93)81-48(28-25-42-32-46(73)57(47(74)33-42)71(78,79)80)62(98)92-37-45(72)35-51(92)61(97)83-69(29-19-30-69)68(104)90(11)59(43-20-16-17-21-43)67(103)89(10)52(63(99)84(4)5)36-55(94)87(8)49(13-2)60(96)82-58/h14-15,23-24,26-27,32-33,40,43,45,48-53,58-59H,12-13,16-22,25,28-31,34-39H2,1-11H3,(H,81,93)(H,82,96)(H,83,97)/b15-14-/t40-,45-,48-,49-,50-,51-,52-,53-,58-,59-/m0/s1. The molecular formula is C71H95F9N12O12. The first-order chi connectivity index (χ1) is 48.7. The minimum Gasteiger partial charge on any atom is -0.347 e. The molecule has 7 rings (SSSR count). The number of benzene rings is 2. The smallest absolute Gasteiger partial charge is 0.347 e. The van der Waals surface area contributed by atoms with Crippen LogP contribution in [0.1, 0.15) is 133 Å². The first kappa shape index (κ1) is 82.5. The summed E-state index contributed by atoms with van der Waals surface area (Å²) in [4.78, 5) is 187. The average Bonchev–Trinajstić information content (AvgIpc) is 1.16. The molecule has 10 atom stereocenters. The number of nitrogens with zero attached hydrogens (tertiary/aromatic N) is 9. The summed E-state index contributed by atoms with van der Waals surface area (Å²) < 4.78 is 129. The molecule has 0 aromatic heterocycles. The van der Waals surface area contributed by atoms with Crippen molar-refractivity contribution in [3.63, 3.8) is 0 Å². The summed E-state index contributed by atoms with van der Waals surface area (Å²) in [5, 5.41) is 7.91. The van der Waals surface area contributed by atoms with Crippen molar-refractivity contribution in [2.45, 2.75) is 196 Å². The van der Waals surface area contributed by atoms with Gasteiger partial charge in [-0.2, -0.15) is 26.3 Å². The molecule has 2 saturated carbocycles. The molecule has 104 heavy (non-hydrogen) atoms. The van der Waals surface area contributed by atoms with Gasteiger partial charge in [0.05, 0.1) is 31.6 Å². The molecule has 5 aliphatic rings. The fraction of sp³-hybridized carbons (Fsp3) is 0.634. The Hall–Kier alpha value is -8.81. The molecule has 2 aliphatic carbocycles. The predicted molar refractivity (Wildman–Crippen MR) is 359 cm³/mol. The van der Waals surface area contributed by atoms with Crippen LogP contribution < -0.4 is 16.0 Å². The highest BCUT2D eigenvalue weighted by atomic mass is 19.4. The lowest BCUT2D eigenvalue weighted by atomic mass is 9.74. The third kappa shape index (κ3) is 19.0. The van der Waals surface area contributed by atoms with Crippen LogP contribution in [0.3, 0.4) is 0 Å². The lowest BCUT2D eigenvalue weighted by Gasteiger charge is -2.46. The van der Waals surface area contributed by atoms with E-state index in [4.69, 9.17) is 0 Å². The molecule has 33 heteroatoms. The minimum absolute atomic E-state index is 0.0287. The molecule has 2 aromatic rings. The van der Waals surface area contributed by atoms with Gasteiger partial charge in [-0.1, -0.05) is 64.3 Å². The van der Waals surface area contributed by atoms with E-state index in [9.17, 15) is 59.9 Å². The van der Waals surface area contributed by atoms with Crippen LogP contribution >= 0.6 is 0 Å². The van der Waals surface area contributed by atoms with Crippen LogP contribution in [0, 0.1) is 23.5 Å². The normalized spacial score (nSPS) is 26.6. The lowest BCUT2D eigenvalue weighted by Crippen LogP contribution is -2.68. The molecule has 3 aliphatic heterocycles. The van der Waals surface area contributed by atoms with Crippen molar-refractivity contribution in [2.24, 2.45) is 11.8 Å². The Kier molecular flexibility index (Phi) is 27.3. The number of hydrogen-bond donors (Lipinski definition) is 3. The molecule has 2 saturated heterocycles. The zero-order valence-electron chi connectivity index (χ0n) is 60.4. The van der Waals surface area contributed by atoms with Gasteiger partial charge in [-0.05, 0) is 111 Å². The fourth-order valence-corrected chi connectivity index (χ4v) is 14.4. The summed E-state index contributed by atoms with van der Waals surface area (Å²) in [6.45, 7) is 2.22. The monoisotopic (exact) mass is 1480 g/mol. The first-order valence-electron chi connectivity index (χ1n) is 35.0. The predicted octanol–water partition coefficient (Wildman–Crippen LogP) is 5.04. The second-order valence-electron chi connectivity index (χ2n) is 28.3. The van der Waals surface area contributed by atoms with Gasteiger partial charge in [-0.3, -0.25) is 57.5 Å². The minimum atomic E-state index is -5.48. The summed E-state index contributed by atoms with van der Waals surface area (Å²) in [5.41, 5.74) is -5.45. The van der Waals surface area contributed by atoms with E-state index in [2.05, 4.69) is 16.0 Å². The van der Waals surface area contributed by atoms with Crippen LogP contribution in [0.4, 0.5) is 39.5 Å². The van der Waals surface area contributed by atoms with Crippen LogP contribution in [0.2, 0.25) is 0 Å². The Balaban J connectivity index is 1.32. The molecule has 24 nitrogen and oxygen atoms in total. The van der Waals surface area contributed by atoms with E-state index >= 15 is 37.1 Å². The zero-order valence-corrected chi connectivity index (χ0v) is 60.4. The highest BCUT2D eigenvalue weighted by Crippen LogP contribution is 2.40. The largest absolute Gasteiger partial charge is 0.422 e. The number of amides is 12. The maximum atomic E-state index is 16.0. The van der Waals surface area contributed by atoms with Crippen LogP contribution in [-0.2, 0) is 82.7 Å². The summed E-state index contributed by atoms with van der Waals surface area (Å²) >= 11 is 0. The van der Waals surface area contributed by atoms with Gasteiger partial charge in [0.25, 0.3) is 0 Å². The van der Waals surface area contributed by atoms with E-state index in [1.807, 2.05) is 0 Å². The van der Waals surface area contributed by atoms with Gasteiger partial charge in [0.15, 0.2) is 0 Å². The highest BCUT2D eigenvalue weighted by Gasteiger charge is 2.54. The summed E-state index contributed by atoms with van der Waals surface area (Å²) in [6.07, 6.45) is -9.65. The van der Waals surface area contributed by atoms with Gasteiger partial charge in [0.1, 0.15) is 77.2 Å². The van der Waals surface area contributed by atoms with E-state index in [-0.39, 0.29) is 44.2 Å². The third-order valence-corrected chi connectivity index (χ3v) is 21.0. The second kappa shape index (κ2) is 34.4. The van der Waals surface area contributed by atoms with Crippen molar-refractivity contribution in [1.82, 2.24) is 60.0 Å². The van der Waals surface area contributed by atoms with Gasteiger partial charge in [-0.15, -0.1) is 0 Å². The van der Waals surface area contributed by atoms with Crippen molar-refractivity contribution in [3.05, 3.63) is 82.4 Å². The Morgan fingerprint density at radius 3 is 1.84 bits per heavy atom. The van der Waals surface area contributed by atoms with E-state index in [1.54, 1.807) is 32.9 Å². The number of rotatable bonds is 10. The van der Waals surface area contributed by atoms with Gasteiger partial charge in [0, 0.05) is 75.8 Å². The zero-order chi connectivity index (χ0) is 77.4. The summed E-state index contributed by atoms with van der Waals surface area (Å²) in [5.74, 6) is -16.0. The molecule has 4 fully saturated rings. The summed E-state index contributed by atoms with van der Waals surface area (Å²) in [6, 6.07) is -7.97. The molecule has 0 unspecified atom stereocenters. The van der Waals surface area contributed by atoms with Crippen LogP contribution in [0.25, 0.3) is 0 Å². The van der Waals surface area contributed by atoms with Crippen molar-refractivity contribution < 1.29 is 97.0 Å². The van der Waals surface area contributed by atoms with E-state index in [0.29, 0.717) is 50.7 Å². The maximum absolute atomic E-state index is 16.0. The van der Waals surface area contributed by atoms with E-state index in [1.165, 1.54) is 49.3 Å². The SMILES string of the molecule is CC[C@H](C)[C@@H]1NC(=O)[C@H](CC)N(C)C(=O)C[C@@H](C(=O)N(C)C)N(C)C(=O)[C@H](C2CCCC2)N(C)C(=O)C2(CCC2)NC(=O)[C@@H]2C[C@H](F)CN2C(=O)[C@H](CCc2cc(F)c(C(F)(F)F)c(F)c2)NC(=O)CN(C)C(=O)[C@H](Cc2ccc(C(F)(F)F)cc2)N2CC/C=C\C[C@@H](C2=O)N(C)C(=O)CN(C)C1=O. The first-order valence-corrected chi connectivity index (χ1v) is 35.0. The molecule has 0 radical (unpaired) electrons. The topological polar surface area (TPSA) is 270 Å². The lowest BCUT2D eigenvalue weighted by molar-refractivity contribution is -0.157. The molecule has 3 heterocycles. The van der Waals surface area contributed by atoms with Crippen LogP contribution in [0.15, 0.2) is 48.6 Å². The number of aryl methyl sites for hydroxylation is 1. The second-order valence-corrected chi connectivity index (χ2v) is 28.3. The van der Waals surface area contributed by atoms with E-state index < -0.39 is 235 Å². The number of nitrogens with one attached hydrogen (secondary N) is 3. The summed E-state index contributed by atoms with van der Waals surface area (Å²) in [7, 11) is 10.4. The van der Waals surface area contributed by atoms with E-state index in [0.717, 1.165) is 75.4 Å². The van der Waals surface area contributed by atoms with Crippen molar-refractivity contribution in [1.29, 1.82) is 0 Å². The van der Waals surface area contributed by atoms with Gasteiger partial charge in [-0.25, -0.2) is 13.2 Å². The molecule has 3 N–H and O–H groups in total. The van der Waals surface area contributed by atoms with Crippen LogP contribution in [-0.4, -0.2) is 258 Å². The number of carbonyl (C=O) groups is 12. The fourth-order valence-electron chi connectivity index (χ4n) is 14.4. The average molecular weight is 1480 g/mol. The Labute approximate surface area is 598 Å². The molecule has 1 spiro atoms. The highest BCUT2D eigenvalue weighted by molar-refractivity contribution is 6.01. The van der Waals surface area contributed by atoms with Crippen molar-refractivity contribution in [2.75, 3.05) is 82.6 Å². The maximum Gasteiger partial charge on any atom is 0.422 e. The van der Waals surface area contributed by atoms with Crippen molar-refractivity contribution >= 4 is 70.9 Å². The molecule has 12 amide bonds. The van der Waals surface area contributed by atoms with Crippen molar-refractivity contribution in [3.8, 4) is 0 Å². The van der Waals surface area contributed by atoms with Gasteiger partial charge in [0.2, 0.25) is 70.9 Å². The number of fused-ring (bicyclic) bond motifs is 3. The molecule has 2 bridgehead atoms. The Morgan fingerprint density at radius 1 is 0.663 bits per heavy atom. The number of carbonyl (C=O) groups excluding carboxylic acids is 12. The number of likely N-dealkylation sites (N-methyl/N-ethyl adjacent to an activating group) is 7. The van der Waals surface area contributed by atoms with Gasteiger partial charge < -0.3 is 60.0 Å². The number of alkyl halides is 7. The number of hydrogen-bond acceptors (Lipinski definition) is 12. The van der Waals surface area contributed by atoms with Crippen LogP contribution in [0.5, 0.6) is 0 Å². The third-order valence-electron chi connectivity index (χ3n) is 21.0.